The molecule has 1 amide bonds. The lowest BCUT2D eigenvalue weighted by Gasteiger charge is -2.41. The average Bonchev–Trinajstić information content (AvgIpc) is 3.62. The van der Waals surface area contributed by atoms with Crippen molar-refractivity contribution in [3.05, 3.63) is 179 Å². The van der Waals surface area contributed by atoms with Crippen molar-refractivity contribution in [2.75, 3.05) is 25.1 Å². The Kier molecular flexibility index (Phi) is 18.0. The third-order valence-electron chi connectivity index (χ3n) is 16.3. The number of nitriles is 1. The molecule has 2 aliphatic rings. The molecule has 2 saturated heterocycles. The minimum atomic E-state index is -4.65. The molecule has 2 unspecified atom stereocenters. The highest BCUT2D eigenvalue weighted by Crippen LogP contribution is 2.51. The Balaban J connectivity index is 1.05. The first-order valence-corrected chi connectivity index (χ1v) is 32.8. The number of ketones is 1. The van der Waals surface area contributed by atoms with Gasteiger partial charge in [-0.1, -0.05) is 151 Å². The first kappa shape index (κ1) is 60.7. The van der Waals surface area contributed by atoms with Crippen LogP contribution in [0.15, 0.2) is 145 Å². The fourth-order valence-electron chi connectivity index (χ4n) is 10.8. The zero-order chi connectivity index (χ0) is 60.3. The van der Waals surface area contributed by atoms with Crippen LogP contribution in [0.3, 0.4) is 0 Å². The quantitative estimate of drug-likeness (QED) is 0.0173. The van der Waals surface area contributed by atoms with E-state index in [0.29, 0.717) is 5.56 Å². The summed E-state index contributed by atoms with van der Waals surface area (Å²) in [5.41, 5.74) is 2.31. The molecule has 2 aliphatic heterocycles. The number of hydrogen-bond donors (Lipinski definition) is 5. The lowest BCUT2D eigenvalue weighted by atomic mass is 9.75. The molecule has 2 fully saturated rings. The van der Waals surface area contributed by atoms with Crippen LogP contribution in [0, 0.1) is 23.2 Å². The number of aromatic nitrogens is 8. The van der Waals surface area contributed by atoms with Crippen LogP contribution in [0.5, 0.6) is 0 Å². The molecule has 24 heteroatoms. The number of aromatic amines is 1. The molecule has 9 atom stereocenters. The lowest BCUT2D eigenvalue weighted by Crippen LogP contribution is -2.55. The Morgan fingerprint density at radius 2 is 1.38 bits per heavy atom. The fraction of sp³-hybridized carbons (Fsp3) is 0.393. The summed E-state index contributed by atoms with van der Waals surface area (Å²) in [4.78, 5) is 65.7. The van der Waals surface area contributed by atoms with Crippen LogP contribution in [0.4, 0.5) is 5.82 Å². The van der Waals surface area contributed by atoms with Gasteiger partial charge in [-0.3, -0.25) is 37.9 Å². The van der Waals surface area contributed by atoms with Gasteiger partial charge in [0.15, 0.2) is 42.7 Å². The summed E-state index contributed by atoms with van der Waals surface area (Å²) in [6.07, 6.45) is -1.05. The summed E-state index contributed by atoms with van der Waals surface area (Å²) in [5.74, 6) is -0.993. The monoisotopic (exact) mass is 1190 g/mol. The Bertz CT molecular complexity index is 3690. The van der Waals surface area contributed by atoms with Crippen molar-refractivity contribution in [1.82, 2.24) is 49.4 Å². The first-order chi connectivity index (χ1) is 40.8. The molecule has 85 heavy (non-hydrogen) atoms. The number of anilines is 1. The zero-order valence-electron chi connectivity index (χ0n) is 48.7. The smallest absolute Gasteiger partial charge is 0.406 e. The molecule has 6 heterocycles. The van der Waals surface area contributed by atoms with E-state index in [-0.39, 0.29) is 70.2 Å². The highest BCUT2D eigenvalue weighted by Gasteiger charge is 2.55. The van der Waals surface area contributed by atoms with Gasteiger partial charge in [-0.25, -0.2) is 34.6 Å². The molecule has 0 aliphatic carbocycles. The molecule has 0 bridgehead atoms. The van der Waals surface area contributed by atoms with E-state index in [1.165, 1.54) is 19.0 Å². The van der Waals surface area contributed by atoms with Gasteiger partial charge in [0.25, 0.3) is 11.5 Å². The summed E-state index contributed by atoms with van der Waals surface area (Å²) >= 11 is 0. The van der Waals surface area contributed by atoms with Gasteiger partial charge in [0, 0.05) is 23.4 Å². The van der Waals surface area contributed by atoms with Gasteiger partial charge in [0.2, 0.25) is 0 Å². The predicted molar refractivity (Wildman–Crippen MR) is 320 cm³/mol. The summed E-state index contributed by atoms with van der Waals surface area (Å²) in [6, 6.07) is 39.0. The topological polar surface area (TPSA) is 285 Å². The second kappa shape index (κ2) is 25.2. The van der Waals surface area contributed by atoms with Gasteiger partial charge in [-0.2, -0.15) is 5.26 Å². The van der Waals surface area contributed by atoms with Crippen LogP contribution in [0.2, 0.25) is 18.1 Å². The molecule has 4 aromatic heterocycles. The van der Waals surface area contributed by atoms with Gasteiger partial charge in [-0.15, -0.1) is 0 Å². The fourth-order valence-corrected chi connectivity index (χ4v) is 13.6. The predicted octanol–water partition coefficient (Wildman–Crippen LogP) is 8.76. The molecule has 0 spiro atoms. The molecule has 0 saturated carbocycles. The number of nitrogens with zero attached hydrogens (tertiary/aromatic N) is 8. The average molecular weight is 1190 g/mol. The van der Waals surface area contributed by atoms with Gasteiger partial charge >= 0.3 is 7.75 Å². The standard InChI is InChI=1S/C61H71N12O10PSi/c1-38(2)44(75)32-47-67-55-51(57(77)68-47)66-37-73(55)58-39(3)48(70-61(41-24-15-10-16-25-41,42-26-17-11-18-27-42)43-28-19-12-20-29-43)46(82-58)34-80-84(78,79-31-21-30-62)71-49-45(33-74)81-59(52(49)83-85(7,8)60(4,5)6)72-36-65-50-53(63-35-64-54(50)72)69-56(76)40-22-13-9-14-23-40/h9-20,22-29,35-39,45-46,48-49,52,58-59,70,74H,21,31-34H2,1-8H3,(H,71,78)(H,67,68,77)(H,63,64,69,76)/t39-,45-,46-,48?,49-,52-,58-,59-,84?/m1/s1. The van der Waals surface area contributed by atoms with E-state index in [1.54, 1.807) is 47.2 Å². The number of Topliss-reactive ketones (excluding diaryl/α,β-unsaturated/α-hetero) is 1. The molecule has 0 radical (unpaired) electrons. The van der Waals surface area contributed by atoms with E-state index in [9.17, 15) is 24.8 Å². The van der Waals surface area contributed by atoms with E-state index in [4.69, 9.17) is 27.9 Å². The van der Waals surface area contributed by atoms with Crippen LogP contribution < -0.4 is 21.3 Å². The van der Waals surface area contributed by atoms with Gasteiger partial charge in [0.05, 0.1) is 69.1 Å². The molecule has 10 rings (SSSR count). The maximum Gasteiger partial charge on any atom is 0.406 e. The number of rotatable bonds is 23. The van der Waals surface area contributed by atoms with Crippen LogP contribution in [0.1, 0.15) is 93.3 Å². The van der Waals surface area contributed by atoms with Crippen molar-refractivity contribution in [2.24, 2.45) is 11.8 Å². The minimum absolute atomic E-state index is 0.0453. The van der Waals surface area contributed by atoms with E-state index in [0.717, 1.165) is 16.7 Å². The van der Waals surface area contributed by atoms with E-state index in [1.807, 2.05) is 67.6 Å². The van der Waals surface area contributed by atoms with Crippen LogP contribution in [-0.2, 0) is 44.3 Å². The summed E-state index contributed by atoms with van der Waals surface area (Å²) in [7, 11) is -7.46. The van der Waals surface area contributed by atoms with Crippen molar-refractivity contribution in [1.29, 1.82) is 5.26 Å². The third-order valence-corrected chi connectivity index (χ3v) is 22.4. The Morgan fingerprint density at radius 1 is 0.800 bits per heavy atom. The Labute approximate surface area is 493 Å². The lowest BCUT2D eigenvalue weighted by molar-refractivity contribution is -0.121. The second-order valence-corrected chi connectivity index (χ2v) is 29.7. The number of fused-ring (bicyclic) bond motifs is 2. The van der Waals surface area contributed by atoms with E-state index in [2.05, 4.69) is 117 Å². The van der Waals surface area contributed by atoms with Crippen molar-refractivity contribution >= 4 is 55.9 Å². The highest BCUT2D eigenvalue weighted by molar-refractivity contribution is 7.51. The number of amides is 1. The molecule has 22 nitrogen and oxygen atoms in total. The number of carbonyl (C=O) groups is 2. The molecule has 4 aromatic carbocycles. The van der Waals surface area contributed by atoms with Crippen molar-refractivity contribution in [3.8, 4) is 6.07 Å². The number of hydrogen-bond acceptors (Lipinski definition) is 17. The number of aliphatic hydroxyl groups is 1. The Morgan fingerprint density at radius 3 is 1.95 bits per heavy atom. The van der Waals surface area contributed by atoms with Gasteiger partial charge in [-0.05, 0) is 47.0 Å². The summed E-state index contributed by atoms with van der Waals surface area (Å²) < 4.78 is 53.3. The second-order valence-electron chi connectivity index (χ2n) is 23.2. The molecule has 5 N–H and O–H groups in total. The maximum absolute atomic E-state index is 16.0. The van der Waals surface area contributed by atoms with Crippen molar-refractivity contribution < 1.29 is 42.2 Å². The number of aliphatic hydroxyl groups excluding tert-OH is 1. The summed E-state index contributed by atoms with van der Waals surface area (Å²) in [5, 5.41) is 30.8. The number of ether oxygens (including phenoxy) is 2. The first-order valence-electron chi connectivity index (χ1n) is 28.4. The summed E-state index contributed by atoms with van der Waals surface area (Å²) in [6.45, 7) is 14.6. The van der Waals surface area contributed by atoms with E-state index < -0.39 is 95.1 Å². The highest BCUT2D eigenvalue weighted by atomic mass is 31.2. The normalized spacial score (nSPS) is 21.8. The number of carbonyl (C=O) groups excluding carboxylic acids is 2. The van der Waals surface area contributed by atoms with E-state index >= 15 is 4.57 Å². The van der Waals surface area contributed by atoms with Crippen LogP contribution in [-0.4, -0.2) is 114 Å². The number of nitrogens with one attached hydrogen (secondary N) is 4. The molecular formula is C61H71N12O10PSi. The molecular weight excluding hydrogens is 1120 g/mol. The van der Waals surface area contributed by atoms with Crippen molar-refractivity contribution in [2.45, 2.75) is 121 Å². The van der Waals surface area contributed by atoms with Gasteiger partial charge < -0.3 is 29.3 Å². The zero-order valence-corrected chi connectivity index (χ0v) is 50.6. The maximum atomic E-state index is 16.0. The minimum Gasteiger partial charge on any atom is -0.408 e. The molecule has 8 aromatic rings. The van der Waals surface area contributed by atoms with Crippen LogP contribution >= 0.6 is 7.75 Å². The number of H-pyrrole nitrogens is 1. The number of imidazole rings is 2. The van der Waals surface area contributed by atoms with Crippen molar-refractivity contribution in [3.63, 3.8) is 0 Å². The van der Waals surface area contributed by atoms with Gasteiger partial charge in [0.1, 0.15) is 36.4 Å². The van der Waals surface area contributed by atoms with Crippen LogP contribution in [0.25, 0.3) is 22.3 Å². The Hall–Kier alpha value is -7.46. The SMILES string of the molecule is CC(C)C(=O)Cc1nc2c(ncn2[C@@H]2O[C@H](COP(=O)(N[C@H]3[C@@H](O[Si](C)(C)C(C)(C)C)[C@H](n4cnc5c(NC(=O)c6ccccc6)ncnc54)O[C@@H]3CO)OCCC#N)C(NC(c3ccccc3)(c3ccccc3)c3ccccc3)[C@H]2C)c(=O)[nH]1. The third kappa shape index (κ3) is 12.5. The largest absolute Gasteiger partial charge is 0.408 e. The molecule has 444 valence electrons. The number of benzene rings is 4.